The van der Waals surface area contributed by atoms with Crippen LogP contribution >= 0.6 is 27.3 Å². The van der Waals surface area contributed by atoms with Gasteiger partial charge in [-0.25, -0.2) is 4.79 Å². The minimum atomic E-state index is -0.479. The smallest absolute Gasteiger partial charge is 0.339 e. The third kappa shape index (κ3) is 1.54. The van der Waals surface area contributed by atoms with Gasteiger partial charge in [0.2, 0.25) is 0 Å². The number of nitroso groups, excluding NO2 is 1. The first-order valence-corrected chi connectivity index (χ1v) is 4.56. The highest BCUT2D eigenvalue weighted by atomic mass is 79.9. The predicted octanol–water partition coefficient (Wildman–Crippen LogP) is 2.70. The summed E-state index contributed by atoms with van der Waals surface area (Å²) < 4.78 is 4.87. The van der Waals surface area contributed by atoms with E-state index in [1.54, 1.807) is 0 Å². The number of hydrogen-bond acceptors (Lipinski definition) is 5. The molecule has 0 radical (unpaired) electrons. The number of nitrogens with zero attached hydrogens (tertiary/aromatic N) is 1. The molecule has 6 heteroatoms. The van der Waals surface area contributed by atoms with E-state index < -0.39 is 5.97 Å². The second kappa shape index (κ2) is 3.77. The largest absolute Gasteiger partial charge is 0.465 e. The number of hydrogen-bond donors (Lipinski definition) is 0. The van der Waals surface area contributed by atoms with Crippen LogP contribution < -0.4 is 0 Å². The van der Waals surface area contributed by atoms with Crippen LogP contribution in [-0.2, 0) is 4.74 Å². The Morgan fingerprint density at radius 3 is 2.83 bits per heavy atom. The fourth-order valence-electron chi connectivity index (χ4n) is 0.643. The van der Waals surface area contributed by atoms with Crippen molar-refractivity contribution < 1.29 is 9.53 Å². The molecule has 4 nitrogen and oxygen atoms in total. The van der Waals surface area contributed by atoms with Gasteiger partial charge in [-0.2, -0.15) is 0 Å². The van der Waals surface area contributed by atoms with Gasteiger partial charge in [0.25, 0.3) is 0 Å². The molecule has 64 valence electrons. The highest BCUT2D eigenvalue weighted by Crippen LogP contribution is 2.35. The molecule has 0 aliphatic carbocycles. The first-order chi connectivity index (χ1) is 5.70. The van der Waals surface area contributed by atoms with Crippen LogP contribution in [0.1, 0.15) is 10.4 Å². The first kappa shape index (κ1) is 9.34. The molecule has 0 saturated carbocycles. The van der Waals surface area contributed by atoms with Gasteiger partial charge in [0.1, 0.15) is 0 Å². The monoisotopic (exact) mass is 249 g/mol. The molecule has 12 heavy (non-hydrogen) atoms. The number of methoxy groups -OCH3 is 1. The minimum Gasteiger partial charge on any atom is -0.465 e. The summed E-state index contributed by atoms with van der Waals surface area (Å²) in [4.78, 5) is 21.1. The first-order valence-electron chi connectivity index (χ1n) is 2.89. The van der Waals surface area contributed by atoms with Crippen molar-refractivity contribution in [3.63, 3.8) is 0 Å². The van der Waals surface area contributed by atoms with E-state index in [1.807, 2.05) is 0 Å². The summed E-state index contributed by atoms with van der Waals surface area (Å²) >= 11 is 4.16. The lowest BCUT2D eigenvalue weighted by atomic mass is 10.3. The van der Waals surface area contributed by atoms with Crippen molar-refractivity contribution in [2.24, 2.45) is 5.18 Å². The topological polar surface area (TPSA) is 55.7 Å². The lowest BCUT2D eigenvalue weighted by Crippen LogP contribution is -1.99. The minimum absolute atomic E-state index is 0.246. The van der Waals surface area contributed by atoms with Crippen molar-refractivity contribution in [3.8, 4) is 0 Å². The van der Waals surface area contributed by atoms with Gasteiger partial charge in [0.15, 0.2) is 5.00 Å². The molecule has 1 aromatic heterocycles. The molecule has 1 aromatic rings. The van der Waals surface area contributed by atoms with E-state index in [1.165, 1.54) is 12.5 Å². The van der Waals surface area contributed by atoms with Crippen LogP contribution in [-0.4, -0.2) is 13.1 Å². The zero-order valence-corrected chi connectivity index (χ0v) is 8.44. The van der Waals surface area contributed by atoms with Crippen molar-refractivity contribution in [3.05, 3.63) is 20.3 Å². The maximum Gasteiger partial charge on any atom is 0.339 e. The molecule has 0 aliphatic rings. The summed E-state index contributed by atoms with van der Waals surface area (Å²) in [7, 11) is 1.28. The van der Waals surface area contributed by atoms with Crippen molar-refractivity contribution >= 4 is 38.2 Å². The summed E-state index contributed by atoms with van der Waals surface area (Å²) in [6.45, 7) is 0. The van der Waals surface area contributed by atoms with E-state index in [9.17, 15) is 9.70 Å². The number of esters is 1. The van der Waals surface area contributed by atoms with E-state index in [4.69, 9.17) is 0 Å². The van der Waals surface area contributed by atoms with Gasteiger partial charge >= 0.3 is 5.97 Å². The second-order valence-electron chi connectivity index (χ2n) is 1.85. The summed E-state index contributed by atoms with van der Waals surface area (Å²) in [6.07, 6.45) is 0. The fraction of sp³-hybridized carbons (Fsp3) is 0.167. The maximum atomic E-state index is 11.0. The number of carbonyl (C=O) groups excluding carboxylic acids is 1. The van der Waals surface area contributed by atoms with Crippen LogP contribution in [0, 0.1) is 4.91 Å². The highest BCUT2D eigenvalue weighted by molar-refractivity contribution is 9.10. The molecule has 0 saturated heterocycles. The maximum absolute atomic E-state index is 11.0. The molecule has 1 heterocycles. The van der Waals surface area contributed by atoms with E-state index >= 15 is 0 Å². The van der Waals surface area contributed by atoms with Gasteiger partial charge in [0.05, 0.1) is 17.1 Å². The predicted molar refractivity (Wildman–Crippen MR) is 48.8 cm³/mol. The van der Waals surface area contributed by atoms with Crippen LogP contribution in [0.15, 0.2) is 15.0 Å². The summed E-state index contributed by atoms with van der Waals surface area (Å²) in [5, 5.41) is 4.49. The van der Waals surface area contributed by atoms with Crippen molar-refractivity contribution in [2.75, 3.05) is 7.11 Å². The molecular formula is C6H4BrNO3S. The van der Waals surface area contributed by atoms with Gasteiger partial charge in [-0.15, -0.1) is 16.2 Å². The van der Waals surface area contributed by atoms with Crippen molar-refractivity contribution in [2.45, 2.75) is 0 Å². The van der Waals surface area contributed by atoms with Crippen molar-refractivity contribution in [1.82, 2.24) is 0 Å². The van der Waals surface area contributed by atoms with Crippen LogP contribution in [0.4, 0.5) is 5.00 Å². The third-order valence-corrected chi connectivity index (χ3v) is 3.12. The quantitative estimate of drug-likeness (QED) is 0.598. The molecule has 0 fully saturated rings. The number of rotatable bonds is 2. The molecular weight excluding hydrogens is 246 g/mol. The number of carbonyl (C=O) groups is 1. The summed E-state index contributed by atoms with van der Waals surface area (Å²) in [5.74, 6) is -0.479. The molecule has 0 aliphatic heterocycles. The summed E-state index contributed by atoms with van der Waals surface area (Å²) in [5.41, 5.74) is 0.331. The van der Waals surface area contributed by atoms with E-state index in [-0.39, 0.29) is 5.00 Å². The molecule has 0 N–H and O–H groups in total. The van der Waals surface area contributed by atoms with Crippen LogP contribution in [0.2, 0.25) is 0 Å². The van der Waals surface area contributed by atoms with E-state index in [2.05, 4.69) is 25.8 Å². The average Bonchev–Trinajstić information content (AvgIpc) is 2.45. The number of halogens is 1. The van der Waals surface area contributed by atoms with Crippen LogP contribution in [0.3, 0.4) is 0 Å². The van der Waals surface area contributed by atoms with Crippen molar-refractivity contribution in [1.29, 1.82) is 0 Å². The lowest BCUT2D eigenvalue weighted by molar-refractivity contribution is 0.0600. The Morgan fingerprint density at radius 1 is 1.75 bits per heavy atom. The molecule has 1 rings (SSSR count). The lowest BCUT2D eigenvalue weighted by Gasteiger charge is -1.94. The zero-order chi connectivity index (χ0) is 9.14. The molecule has 0 unspecified atom stereocenters. The van der Waals surface area contributed by atoms with Gasteiger partial charge in [-0.05, 0) is 21.1 Å². The SMILES string of the molecule is COC(=O)c1csc(N=O)c1Br. The Bertz CT molecular complexity index is 323. The second-order valence-corrected chi connectivity index (χ2v) is 3.50. The number of ether oxygens (including phenoxy) is 1. The Morgan fingerprint density at radius 2 is 2.42 bits per heavy atom. The average molecular weight is 250 g/mol. The highest BCUT2D eigenvalue weighted by Gasteiger charge is 2.16. The molecule has 0 aromatic carbocycles. The van der Waals surface area contributed by atoms with E-state index in [0.29, 0.717) is 10.0 Å². The number of thiophene rings is 1. The Balaban J connectivity index is 3.10. The van der Waals surface area contributed by atoms with Crippen LogP contribution in [0.5, 0.6) is 0 Å². The molecule has 0 bridgehead atoms. The molecule has 0 atom stereocenters. The fourth-order valence-corrected chi connectivity index (χ4v) is 2.12. The van der Waals surface area contributed by atoms with Gasteiger partial charge in [0, 0.05) is 5.38 Å². The van der Waals surface area contributed by atoms with Gasteiger partial charge < -0.3 is 4.74 Å². The Kier molecular flexibility index (Phi) is 2.93. The standard InChI is InChI=1S/C6H4BrNO3S/c1-11-6(9)3-2-12-5(8-10)4(3)7/h2H,1H3. The normalized spacial score (nSPS) is 9.50. The Hall–Kier alpha value is -0.750. The Labute approximate surface area is 80.6 Å². The third-order valence-electron chi connectivity index (χ3n) is 1.20. The van der Waals surface area contributed by atoms with Gasteiger partial charge in [-0.3, -0.25) is 0 Å². The van der Waals surface area contributed by atoms with E-state index in [0.717, 1.165) is 11.3 Å². The van der Waals surface area contributed by atoms with Crippen LogP contribution in [0.25, 0.3) is 0 Å². The summed E-state index contributed by atoms with van der Waals surface area (Å²) in [6, 6.07) is 0. The molecule has 0 amide bonds. The molecule has 0 spiro atoms. The van der Waals surface area contributed by atoms with Gasteiger partial charge in [-0.1, -0.05) is 0 Å². The zero-order valence-electron chi connectivity index (χ0n) is 6.04.